The van der Waals surface area contributed by atoms with Gasteiger partial charge in [0.05, 0.1) is 17.2 Å². The Kier molecular flexibility index (Phi) is 2.15. The second-order valence-corrected chi connectivity index (χ2v) is 3.31. The van der Waals surface area contributed by atoms with Gasteiger partial charge in [-0.1, -0.05) is 12.1 Å². The number of nitrogens with zero attached hydrogens (tertiary/aromatic N) is 2. The topological polar surface area (TPSA) is 25.8 Å². The van der Waals surface area contributed by atoms with E-state index in [0.717, 1.165) is 27.0 Å². The first kappa shape index (κ1) is 7.83. The molecule has 60 valence electrons. The van der Waals surface area contributed by atoms with Gasteiger partial charge in [0.2, 0.25) is 0 Å². The van der Waals surface area contributed by atoms with Gasteiger partial charge in [0.25, 0.3) is 0 Å². The van der Waals surface area contributed by atoms with E-state index in [1.54, 1.807) is 6.20 Å². The maximum atomic E-state index is 5.54. The normalized spacial score (nSPS) is 10.4. The Morgan fingerprint density at radius 3 is 2.67 bits per heavy atom. The molecule has 1 aromatic carbocycles. The molecule has 1 aromatic heterocycles. The molecule has 0 aliphatic heterocycles. The third-order valence-corrected chi connectivity index (χ3v) is 2.33. The van der Waals surface area contributed by atoms with Gasteiger partial charge in [0.1, 0.15) is 5.03 Å². The summed E-state index contributed by atoms with van der Waals surface area (Å²) in [6.07, 6.45) is 1.67. The monoisotopic (exact) mass is 196 g/mol. The second-order valence-electron chi connectivity index (χ2n) is 2.27. The van der Waals surface area contributed by atoms with Gasteiger partial charge < -0.3 is 0 Å². The Labute approximate surface area is 78.5 Å². The Hall–Kier alpha value is -0.800. The summed E-state index contributed by atoms with van der Waals surface area (Å²) in [6, 6.07) is 7.70. The van der Waals surface area contributed by atoms with Crippen molar-refractivity contribution >= 4 is 32.7 Å². The Morgan fingerprint density at radius 1 is 1.17 bits per heavy atom. The molecule has 1 heterocycles. The van der Waals surface area contributed by atoms with Crippen molar-refractivity contribution in [1.29, 1.82) is 0 Å². The van der Waals surface area contributed by atoms with Crippen LogP contribution in [0.25, 0.3) is 11.0 Å². The first-order valence-electron chi connectivity index (χ1n) is 3.40. The van der Waals surface area contributed by atoms with E-state index in [9.17, 15) is 0 Å². The van der Waals surface area contributed by atoms with Gasteiger partial charge in [-0.3, -0.25) is 4.98 Å². The zero-order valence-corrected chi connectivity index (χ0v) is 7.64. The average molecular weight is 197 g/mol. The van der Waals surface area contributed by atoms with Crippen LogP contribution in [-0.2, 0) is 0 Å². The van der Waals surface area contributed by atoms with Gasteiger partial charge in [-0.2, -0.15) is 0 Å². The Balaban J connectivity index is 2.67. The standard InChI is InChI=1S/C8H5ClN2S/c9-12-8-5-10-6-3-1-2-4-7(6)11-8/h1-5H. The van der Waals surface area contributed by atoms with Gasteiger partial charge in [-0.05, 0) is 22.8 Å². The van der Waals surface area contributed by atoms with Crippen molar-refractivity contribution in [2.24, 2.45) is 0 Å². The van der Waals surface area contributed by atoms with E-state index in [0.29, 0.717) is 0 Å². The highest BCUT2D eigenvalue weighted by atomic mass is 35.7. The fourth-order valence-electron chi connectivity index (χ4n) is 0.977. The molecular weight excluding hydrogens is 192 g/mol. The van der Waals surface area contributed by atoms with Gasteiger partial charge in [0, 0.05) is 11.0 Å². The minimum Gasteiger partial charge on any atom is -0.252 e. The lowest BCUT2D eigenvalue weighted by Gasteiger charge is -1.96. The zero-order chi connectivity index (χ0) is 8.39. The lowest BCUT2D eigenvalue weighted by molar-refractivity contribution is 1.13. The molecule has 0 N–H and O–H groups in total. The molecule has 4 heteroatoms. The molecule has 0 spiro atoms. The highest BCUT2D eigenvalue weighted by Crippen LogP contribution is 2.20. The summed E-state index contributed by atoms with van der Waals surface area (Å²) in [5.74, 6) is 0. The van der Waals surface area contributed by atoms with Crippen LogP contribution in [0.5, 0.6) is 0 Å². The van der Waals surface area contributed by atoms with Crippen molar-refractivity contribution in [2.75, 3.05) is 0 Å². The van der Waals surface area contributed by atoms with Gasteiger partial charge in [-0.25, -0.2) is 4.98 Å². The maximum Gasteiger partial charge on any atom is 0.130 e. The van der Waals surface area contributed by atoms with E-state index in [1.165, 1.54) is 0 Å². The molecule has 0 unspecified atom stereocenters. The summed E-state index contributed by atoms with van der Waals surface area (Å²) in [6.45, 7) is 0. The van der Waals surface area contributed by atoms with E-state index in [2.05, 4.69) is 9.97 Å². The minimum atomic E-state index is 0.732. The fraction of sp³-hybridized carbons (Fsp3) is 0. The molecule has 2 aromatic rings. The summed E-state index contributed by atoms with van der Waals surface area (Å²) in [7, 11) is 6.62. The van der Waals surface area contributed by atoms with Gasteiger partial charge in [-0.15, -0.1) is 0 Å². The molecule has 0 radical (unpaired) electrons. The van der Waals surface area contributed by atoms with E-state index in [1.807, 2.05) is 24.3 Å². The van der Waals surface area contributed by atoms with E-state index >= 15 is 0 Å². The zero-order valence-electron chi connectivity index (χ0n) is 6.07. The number of para-hydroxylation sites is 2. The first-order valence-corrected chi connectivity index (χ1v) is 5.05. The van der Waals surface area contributed by atoms with Crippen molar-refractivity contribution in [3.8, 4) is 0 Å². The largest absolute Gasteiger partial charge is 0.252 e. The molecule has 0 amide bonds. The first-order chi connectivity index (χ1) is 5.90. The molecule has 0 aliphatic carbocycles. The van der Waals surface area contributed by atoms with Crippen molar-refractivity contribution in [1.82, 2.24) is 9.97 Å². The molecule has 0 fully saturated rings. The molecular formula is C8H5ClN2S. The SMILES string of the molecule is ClSc1cnc2ccccc2n1. The lowest BCUT2D eigenvalue weighted by atomic mass is 10.3. The van der Waals surface area contributed by atoms with Crippen molar-refractivity contribution < 1.29 is 0 Å². The summed E-state index contributed by atoms with van der Waals surface area (Å²) < 4.78 is 0. The van der Waals surface area contributed by atoms with Crippen LogP contribution in [0.3, 0.4) is 0 Å². The molecule has 0 saturated heterocycles. The van der Waals surface area contributed by atoms with Crippen LogP contribution in [0.1, 0.15) is 0 Å². The number of aromatic nitrogens is 2. The molecule has 0 aliphatic rings. The van der Waals surface area contributed by atoms with Gasteiger partial charge >= 0.3 is 0 Å². The Morgan fingerprint density at radius 2 is 1.92 bits per heavy atom. The number of halogens is 1. The number of fused-ring (bicyclic) bond motifs is 1. The highest BCUT2D eigenvalue weighted by molar-refractivity contribution is 8.21. The van der Waals surface area contributed by atoms with Crippen LogP contribution in [0.4, 0.5) is 0 Å². The Bertz CT molecular complexity index is 405. The average Bonchev–Trinajstić information content (AvgIpc) is 2.17. The molecule has 12 heavy (non-hydrogen) atoms. The lowest BCUT2D eigenvalue weighted by Crippen LogP contribution is -1.83. The second kappa shape index (κ2) is 3.29. The number of rotatable bonds is 1. The molecule has 2 rings (SSSR count). The molecule has 2 nitrogen and oxygen atoms in total. The van der Waals surface area contributed by atoms with Crippen molar-refractivity contribution in [3.63, 3.8) is 0 Å². The van der Waals surface area contributed by atoms with E-state index in [4.69, 9.17) is 10.7 Å². The highest BCUT2D eigenvalue weighted by Gasteiger charge is 1.96. The quantitative estimate of drug-likeness (QED) is 0.702. The smallest absolute Gasteiger partial charge is 0.130 e. The number of benzene rings is 1. The third-order valence-electron chi connectivity index (χ3n) is 1.51. The summed E-state index contributed by atoms with van der Waals surface area (Å²) >= 11 is 0. The van der Waals surface area contributed by atoms with Crippen LogP contribution >= 0.6 is 21.7 Å². The summed E-state index contributed by atoms with van der Waals surface area (Å²) in [4.78, 5) is 8.45. The predicted molar refractivity (Wildman–Crippen MR) is 51.2 cm³/mol. The third kappa shape index (κ3) is 1.38. The van der Waals surface area contributed by atoms with E-state index < -0.39 is 0 Å². The van der Waals surface area contributed by atoms with Crippen molar-refractivity contribution in [2.45, 2.75) is 5.03 Å². The molecule has 0 atom stereocenters. The van der Waals surface area contributed by atoms with Crippen LogP contribution in [0, 0.1) is 0 Å². The van der Waals surface area contributed by atoms with Crippen LogP contribution in [0.2, 0.25) is 0 Å². The van der Waals surface area contributed by atoms with Gasteiger partial charge in [0.15, 0.2) is 0 Å². The number of hydrogen-bond acceptors (Lipinski definition) is 3. The summed E-state index contributed by atoms with van der Waals surface area (Å²) in [5.41, 5.74) is 1.77. The number of hydrogen-bond donors (Lipinski definition) is 0. The molecule has 0 saturated carbocycles. The molecule has 0 bridgehead atoms. The maximum absolute atomic E-state index is 5.54. The van der Waals surface area contributed by atoms with Crippen LogP contribution in [0.15, 0.2) is 35.5 Å². The predicted octanol–water partition coefficient (Wildman–Crippen LogP) is 2.88. The summed E-state index contributed by atoms with van der Waals surface area (Å²) in [5, 5.41) is 0.732. The van der Waals surface area contributed by atoms with Crippen LogP contribution < -0.4 is 0 Å². The van der Waals surface area contributed by atoms with Crippen LogP contribution in [-0.4, -0.2) is 9.97 Å². The minimum absolute atomic E-state index is 0.732. The fourth-order valence-corrected chi connectivity index (χ4v) is 1.43. The van der Waals surface area contributed by atoms with E-state index in [-0.39, 0.29) is 0 Å². The van der Waals surface area contributed by atoms with Crippen molar-refractivity contribution in [3.05, 3.63) is 30.5 Å².